The molecule has 0 aromatic carbocycles. The smallest absolute Gasteiger partial charge is 0.249 e. The topological polar surface area (TPSA) is 122 Å². The van der Waals surface area contributed by atoms with Crippen LogP contribution in [0.4, 0.5) is 0 Å². The minimum absolute atomic E-state index is 0.863. The Balaban J connectivity index is 0.000000527. The zero-order valence-corrected chi connectivity index (χ0v) is 19.8. The molecule has 180 valence electrons. The number of unbranched alkanes of at least 4 members (excludes halogenated alkanes) is 1. The first kappa shape index (κ1) is 24.7. The highest BCUT2D eigenvalue weighted by Gasteiger charge is 2.26. The number of fused-ring (bicyclic) bond motifs is 1. The normalized spacial score (nSPS) is 11.3. The summed E-state index contributed by atoms with van der Waals surface area (Å²) in [6.45, 7) is 3.11. The van der Waals surface area contributed by atoms with Gasteiger partial charge in [0.15, 0.2) is 11.5 Å². The number of nitrogens with zero attached hydrogens (tertiary/aromatic N) is 1. The second kappa shape index (κ2) is 10.9. The van der Waals surface area contributed by atoms with Crippen molar-refractivity contribution in [3.63, 3.8) is 0 Å². The minimum Gasteiger partial charge on any atom is -0.458 e. The maximum atomic E-state index is 8.49. The van der Waals surface area contributed by atoms with E-state index in [2.05, 4.69) is 66.1 Å². The van der Waals surface area contributed by atoms with Crippen LogP contribution < -0.4 is 23.2 Å². The number of halogens is 1. The number of pyridine rings is 1. The van der Waals surface area contributed by atoms with Crippen LogP contribution >= 0.6 is 0 Å². The van der Waals surface area contributed by atoms with E-state index in [-0.39, 0.29) is 0 Å². The third-order valence-electron chi connectivity index (χ3n) is 5.55. The van der Waals surface area contributed by atoms with Crippen LogP contribution in [-0.4, -0.2) is 0 Å². The van der Waals surface area contributed by atoms with Gasteiger partial charge in [-0.3, -0.25) is 0 Å². The van der Waals surface area contributed by atoms with Crippen molar-refractivity contribution >= 4 is 0 Å². The highest BCUT2D eigenvalue weighted by molar-refractivity contribution is 5.87. The minimum atomic E-state index is -4.94. The molecule has 8 heteroatoms. The number of hydrogen-bond donors (Lipinski definition) is 0. The number of hydrogen-bond acceptors (Lipinski definition) is 6. The summed E-state index contributed by atoms with van der Waals surface area (Å²) >= 11 is 0. The fraction of sp³-hybridized carbons (Fsp3) is 0.148. The molecule has 0 amide bonds. The Kier molecular flexibility index (Phi) is 7.65. The first-order valence-corrected chi connectivity index (χ1v) is 12.3. The lowest BCUT2D eigenvalue weighted by Crippen LogP contribution is -2.68. The molecule has 2 aliphatic rings. The lowest BCUT2D eigenvalue weighted by atomic mass is 10.00. The van der Waals surface area contributed by atoms with Crippen LogP contribution in [0.2, 0.25) is 0 Å². The Morgan fingerprint density at radius 2 is 1.26 bits per heavy atom. The Labute approximate surface area is 205 Å². The van der Waals surface area contributed by atoms with Crippen molar-refractivity contribution in [2.24, 2.45) is 0 Å². The second-order valence-corrected chi connectivity index (χ2v) is 8.63. The van der Waals surface area contributed by atoms with Crippen molar-refractivity contribution < 1.29 is 42.3 Å². The van der Waals surface area contributed by atoms with Crippen molar-refractivity contribution in [1.82, 2.24) is 0 Å². The maximum absolute atomic E-state index is 8.49. The van der Waals surface area contributed by atoms with E-state index in [1.807, 2.05) is 24.3 Å². The van der Waals surface area contributed by atoms with Crippen molar-refractivity contribution in [3.8, 4) is 45.2 Å². The standard InChI is InChI=1S/C27H24NO2.ClHO4/c1-2-3-15-28-24(26-11-7-16-29-26)18-21(19-25(28)27-12-8-17-30-27)23-14-13-20-9-5-4-6-10-22(20)23;2-1(3,4)5/h4-14,16-19H,2-3,15H2,1H3;(H,2,3,4,5)/q+1;/p-1. The zero-order valence-electron chi connectivity index (χ0n) is 19.1. The van der Waals surface area contributed by atoms with Crippen LogP contribution in [0.3, 0.4) is 0 Å². The van der Waals surface area contributed by atoms with Crippen molar-refractivity contribution in [3.05, 3.63) is 91.4 Å². The summed E-state index contributed by atoms with van der Waals surface area (Å²) in [4.78, 5) is 0. The SMILES string of the molecule is CCCC[n+]1c(-c2ccco2)cc(-c2ccc3cccccc2-3)cc1-c1ccco1.[O-][Cl+3]([O-])([O-])[O-]. The summed E-state index contributed by atoms with van der Waals surface area (Å²) in [7, 11) is -4.94. The Morgan fingerprint density at radius 1 is 0.686 bits per heavy atom. The van der Waals surface area contributed by atoms with Crippen LogP contribution in [0.5, 0.6) is 0 Å². The summed E-state index contributed by atoms with van der Waals surface area (Å²) in [5, 5.41) is 0. The van der Waals surface area contributed by atoms with Gasteiger partial charge in [-0.2, -0.15) is 4.57 Å². The molecule has 5 rings (SSSR count). The van der Waals surface area contributed by atoms with Crippen molar-refractivity contribution in [2.75, 3.05) is 0 Å². The zero-order chi connectivity index (χ0) is 24.8. The molecule has 0 spiro atoms. The van der Waals surface area contributed by atoms with Gasteiger partial charge in [-0.15, -0.1) is 10.2 Å². The molecule has 0 unspecified atom stereocenters. The van der Waals surface area contributed by atoms with Gasteiger partial charge < -0.3 is 8.83 Å². The summed E-state index contributed by atoms with van der Waals surface area (Å²) in [6.07, 6.45) is 5.67. The molecule has 0 fully saturated rings. The molecule has 0 saturated heterocycles. The van der Waals surface area contributed by atoms with Gasteiger partial charge in [0.1, 0.15) is 6.54 Å². The predicted molar refractivity (Wildman–Crippen MR) is 119 cm³/mol. The van der Waals surface area contributed by atoms with Gasteiger partial charge >= 0.3 is 0 Å². The van der Waals surface area contributed by atoms with Gasteiger partial charge in [-0.1, -0.05) is 55.8 Å². The van der Waals surface area contributed by atoms with Gasteiger partial charge in [0, 0.05) is 18.6 Å². The molecular weight excluding hydrogens is 470 g/mol. The average molecular weight is 494 g/mol. The van der Waals surface area contributed by atoms with Crippen molar-refractivity contribution in [1.29, 1.82) is 0 Å². The molecule has 2 aliphatic carbocycles. The third kappa shape index (κ3) is 6.16. The van der Waals surface area contributed by atoms with Crippen LogP contribution in [-0.2, 0) is 6.54 Å². The van der Waals surface area contributed by atoms with E-state index in [0.29, 0.717) is 0 Å². The van der Waals surface area contributed by atoms with Gasteiger partial charge in [0.05, 0.1) is 12.5 Å². The summed E-state index contributed by atoms with van der Waals surface area (Å²) in [5.74, 6) is 1.73. The van der Waals surface area contributed by atoms with E-state index < -0.39 is 10.2 Å². The molecular formula is C27H24ClNO6. The molecule has 0 bridgehead atoms. The van der Waals surface area contributed by atoms with Crippen molar-refractivity contribution in [2.45, 2.75) is 26.3 Å². The Morgan fingerprint density at radius 3 is 1.80 bits per heavy atom. The van der Waals surface area contributed by atoms with E-state index in [0.717, 1.165) is 47.9 Å². The molecule has 35 heavy (non-hydrogen) atoms. The molecule has 0 atom stereocenters. The fourth-order valence-corrected chi connectivity index (χ4v) is 4.06. The monoisotopic (exact) mass is 493 g/mol. The number of furan rings is 2. The van der Waals surface area contributed by atoms with Gasteiger partial charge in [-0.25, -0.2) is 18.6 Å². The summed E-state index contributed by atoms with van der Waals surface area (Å²) in [5.41, 5.74) is 6.96. The Bertz CT molecular complexity index is 1260. The molecule has 0 radical (unpaired) electrons. The van der Waals surface area contributed by atoms with Crippen LogP contribution in [0.1, 0.15) is 19.8 Å². The molecule has 3 aromatic rings. The molecule has 7 nitrogen and oxygen atoms in total. The van der Waals surface area contributed by atoms with E-state index in [1.165, 1.54) is 16.7 Å². The van der Waals surface area contributed by atoms with Gasteiger partial charge in [0.2, 0.25) is 11.4 Å². The molecule has 0 N–H and O–H groups in total. The highest BCUT2D eigenvalue weighted by atomic mass is 35.7. The van der Waals surface area contributed by atoms with Crippen LogP contribution in [0.15, 0.2) is 100 Å². The fourth-order valence-electron chi connectivity index (χ4n) is 4.06. The quantitative estimate of drug-likeness (QED) is 0.334. The van der Waals surface area contributed by atoms with Gasteiger partial charge in [0.25, 0.3) is 0 Å². The Hall–Kier alpha value is -3.46. The number of rotatable bonds is 6. The van der Waals surface area contributed by atoms with E-state index in [4.69, 9.17) is 27.5 Å². The molecule has 0 aliphatic heterocycles. The third-order valence-corrected chi connectivity index (χ3v) is 5.55. The van der Waals surface area contributed by atoms with E-state index in [1.54, 1.807) is 12.5 Å². The molecule has 0 saturated carbocycles. The predicted octanol–water partition coefficient (Wildman–Crippen LogP) is 2.31. The largest absolute Gasteiger partial charge is 0.458 e. The summed E-state index contributed by atoms with van der Waals surface area (Å²) < 4.78 is 48.0. The molecule has 3 heterocycles. The van der Waals surface area contributed by atoms with E-state index >= 15 is 0 Å². The highest BCUT2D eigenvalue weighted by Crippen LogP contribution is 2.37. The molecule has 3 aromatic heterocycles. The lowest BCUT2D eigenvalue weighted by molar-refractivity contribution is -2.00. The first-order valence-electron chi connectivity index (χ1n) is 11.1. The number of aromatic nitrogens is 1. The second-order valence-electron chi connectivity index (χ2n) is 7.88. The van der Waals surface area contributed by atoms with Gasteiger partial charge in [-0.05, 0) is 46.5 Å². The maximum Gasteiger partial charge on any atom is 0.249 e. The summed E-state index contributed by atoms with van der Waals surface area (Å²) in [6, 6.07) is 27.4. The lowest BCUT2D eigenvalue weighted by Gasteiger charge is -2.17. The van der Waals surface area contributed by atoms with Crippen LogP contribution in [0, 0.1) is 10.2 Å². The van der Waals surface area contributed by atoms with E-state index in [9.17, 15) is 0 Å². The van der Waals surface area contributed by atoms with Crippen LogP contribution in [0.25, 0.3) is 45.2 Å². The average Bonchev–Trinajstić information content (AvgIpc) is 3.57. The first-order chi connectivity index (χ1) is 16.8.